The largest absolute Gasteiger partial charge is 0.288 e. The molecule has 0 amide bonds. The summed E-state index contributed by atoms with van der Waals surface area (Å²) in [6.07, 6.45) is 0. The van der Waals surface area contributed by atoms with E-state index in [1.165, 1.54) is 58.0 Å². The lowest BCUT2D eigenvalue weighted by Gasteiger charge is -2.27. The van der Waals surface area contributed by atoms with E-state index in [-0.39, 0.29) is 10.2 Å². The first kappa shape index (κ1) is 26.2. The summed E-state index contributed by atoms with van der Waals surface area (Å²) in [5.74, 6) is 11.4. The molecule has 1 aliphatic heterocycles. The van der Waals surface area contributed by atoms with E-state index in [9.17, 15) is 9.59 Å². The van der Waals surface area contributed by atoms with Crippen LogP contribution in [0.5, 0.6) is 0 Å². The van der Waals surface area contributed by atoms with Crippen molar-refractivity contribution in [1.82, 2.24) is 0 Å². The highest BCUT2D eigenvalue weighted by Gasteiger charge is 2.22. The van der Waals surface area contributed by atoms with E-state index in [2.05, 4.69) is 47.0 Å². The second-order valence-electron chi connectivity index (χ2n) is 5.17. The van der Waals surface area contributed by atoms with Crippen LogP contribution in [0.15, 0.2) is 0 Å². The number of carbonyl (C=O) groups is 2. The van der Waals surface area contributed by atoms with E-state index in [1.807, 2.05) is 23.5 Å². The Morgan fingerprint density at radius 1 is 0.692 bits per heavy atom. The molecule has 0 radical (unpaired) electrons. The summed E-state index contributed by atoms with van der Waals surface area (Å²) in [7, 11) is 0. The van der Waals surface area contributed by atoms with Crippen molar-refractivity contribution in [2.75, 3.05) is 57.5 Å². The standard InChI is InChI=1S/C16H28O2S8/c1-13(17)21-7-3-19-5-9-23-15-11-26-16(12-25-15)24-10-6-20-4-8-22-14(2)18/h15-16H,3-12H2,1-2H3. The van der Waals surface area contributed by atoms with Gasteiger partial charge in [-0.3, -0.25) is 9.59 Å². The zero-order valence-electron chi connectivity index (χ0n) is 15.3. The van der Waals surface area contributed by atoms with Gasteiger partial charge < -0.3 is 0 Å². The van der Waals surface area contributed by atoms with Crippen LogP contribution < -0.4 is 0 Å². The maximum atomic E-state index is 10.8. The molecule has 2 nitrogen and oxygen atoms in total. The Hall–Kier alpha value is 2.14. The number of rotatable bonds is 14. The molecule has 10 heteroatoms. The Kier molecular flexibility index (Phi) is 18.1. The molecule has 26 heavy (non-hydrogen) atoms. The Labute approximate surface area is 193 Å². The summed E-state index contributed by atoms with van der Waals surface area (Å²) in [4.78, 5) is 21.7. The molecule has 0 N–H and O–H groups in total. The van der Waals surface area contributed by atoms with Crippen molar-refractivity contribution in [2.45, 2.75) is 23.0 Å². The second-order valence-corrected chi connectivity index (χ2v) is 15.9. The van der Waals surface area contributed by atoms with Gasteiger partial charge in [-0.25, -0.2) is 0 Å². The second kappa shape index (κ2) is 18.0. The lowest BCUT2D eigenvalue weighted by Crippen LogP contribution is -2.18. The minimum atomic E-state index is 0.230. The fourth-order valence-corrected chi connectivity index (χ4v) is 11.7. The molecule has 2 unspecified atom stereocenters. The third kappa shape index (κ3) is 16.0. The van der Waals surface area contributed by atoms with E-state index in [0.29, 0.717) is 0 Å². The number of thioether (sulfide) groups is 8. The maximum absolute atomic E-state index is 10.8. The zero-order chi connectivity index (χ0) is 19.0. The molecule has 152 valence electrons. The van der Waals surface area contributed by atoms with Crippen LogP contribution in [-0.2, 0) is 9.59 Å². The van der Waals surface area contributed by atoms with Gasteiger partial charge >= 0.3 is 0 Å². The van der Waals surface area contributed by atoms with E-state index < -0.39 is 0 Å². The lowest BCUT2D eigenvalue weighted by atomic mass is 10.9. The van der Waals surface area contributed by atoms with Gasteiger partial charge in [0.25, 0.3) is 0 Å². The van der Waals surface area contributed by atoms with Gasteiger partial charge in [0, 0.05) is 71.4 Å². The Bertz CT molecular complexity index is 352. The molecule has 0 spiro atoms. The molecule has 1 fully saturated rings. The molecule has 2 atom stereocenters. The predicted molar refractivity (Wildman–Crippen MR) is 138 cm³/mol. The molecule has 1 saturated heterocycles. The first-order chi connectivity index (χ1) is 12.6. The van der Waals surface area contributed by atoms with Crippen LogP contribution in [0, 0.1) is 0 Å². The highest BCUT2D eigenvalue weighted by atomic mass is 32.2. The van der Waals surface area contributed by atoms with Gasteiger partial charge in [0.05, 0.1) is 9.16 Å². The van der Waals surface area contributed by atoms with E-state index in [4.69, 9.17) is 0 Å². The lowest BCUT2D eigenvalue weighted by molar-refractivity contribution is -0.109. The van der Waals surface area contributed by atoms with Crippen molar-refractivity contribution in [1.29, 1.82) is 0 Å². The third-order valence-corrected chi connectivity index (χ3v) is 14.2. The fraction of sp³-hybridized carbons (Fsp3) is 0.875. The molecule has 0 saturated carbocycles. The van der Waals surface area contributed by atoms with Gasteiger partial charge in [0.2, 0.25) is 0 Å². The Balaban J connectivity index is 1.87. The monoisotopic (exact) mass is 508 g/mol. The van der Waals surface area contributed by atoms with Crippen molar-refractivity contribution in [2.24, 2.45) is 0 Å². The van der Waals surface area contributed by atoms with Crippen LogP contribution in [0.2, 0.25) is 0 Å². The van der Waals surface area contributed by atoms with Gasteiger partial charge in [-0.1, -0.05) is 23.5 Å². The van der Waals surface area contributed by atoms with Crippen molar-refractivity contribution in [3.05, 3.63) is 0 Å². The molecule has 1 rings (SSSR count). The van der Waals surface area contributed by atoms with Gasteiger partial charge in [-0.05, 0) is 0 Å². The Morgan fingerprint density at radius 2 is 1.08 bits per heavy atom. The molecule has 0 aromatic carbocycles. The molecule has 0 aromatic heterocycles. The van der Waals surface area contributed by atoms with Crippen LogP contribution in [0.25, 0.3) is 0 Å². The minimum absolute atomic E-state index is 0.230. The first-order valence-electron chi connectivity index (χ1n) is 8.46. The topological polar surface area (TPSA) is 34.1 Å². The Morgan fingerprint density at radius 3 is 1.42 bits per heavy atom. The molecular weight excluding hydrogens is 481 g/mol. The molecular formula is C16H28O2S8. The number of hydrogen-bond acceptors (Lipinski definition) is 10. The fourth-order valence-electron chi connectivity index (χ4n) is 1.83. The summed E-state index contributed by atoms with van der Waals surface area (Å²) in [6.45, 7) is 3.28. The summed E-state index contributed by atoms with van der Waals surface area (Å²) in [5, 5.41) is 0.460. The normalized spacial score (nSPS) is 20.2. The van der Waals surface area contributed by atoms with Crippen LogP contribution in [0.1, 0.15) is 13.8 Å². The van der Waals surface area contributed by atoms with Crippen molar-refractivity contribution < 1.29 is 9.59 Å². The van der Waals surface area contributed by atoms with Crippen LogP contribution in [0.4, 0.5) is 0 Å². The molecule has 1 aliphatic rings. The van der Waals surface area contributed by atoms with Crippen molar-refractivity contribution in [3.63, 3.8) is 0 Å². The highest BCUT2D eigenvalue weighted by Crippen LogP contribution is 2.40. The van der Waals surface area contributed by atoms with E-state index in [0.717, 1.165) is 32.2 Å². The SMILES string of the molecule is CC(=O)SCCSCCSC1CSC(SCCSCCSC(C)=O)CS1. The van der Waals surface area contributed by atoms with Crippen molar-refractivity contribution in [3.8, 4) is 0 Å². The molecule has 0 aliphatic carbocycles. The molecule has 0 bridgehead atoms. The summed E-state index contributed by atoms with van der Waals surface area (Å²) >= 11 is 15.3. The summed E-state index contributed by atoms with van der Waals surface area (Å²) in [5.41, 5.74) is 0. The number of hydrogen-bond donors (Lipinski definition) is 0. The molecule has 0 aromatic rings. The quantitative estimate of drug-likeness (QED) is 0.276. The minimum Gasteiger partial charge on any atom is -0.288 e. The third-order valence-electron chi connectivity index (χ3n) is 2.97. The predicted octanol–water partition coefficient (Wildman–Crippen LogP) is 5.61. The van der Waals surface area contributed by atoms with E-state index >= 15 is 0 Å². The molecule has 1 heterocycles. The smallest absolute Gasteiger partial charge is 0.185 e. The van der Waals surface area contributed by atoms with Gasteiger partial charge in [0.15, 0.2) is 10.2 Å². The first-order valence-corrected chi connectivity index (χ1v) is 16.9. The summed E-state index contributed by atoms with van der Waals surface area (Å²) in [6, 6.07) is 0. The average Bonchev–Trinajstić information content (AvgIpc) is 2.60. The average molecular weight is 509 g/mol. The van der Waals surface area contributed by atoms with E-state index in [1.54, 1.807) is 13.8 Å². The highest BCUT2D eigenvalue weighted by molar-refractivity contribution is 8.24. The number of carbonyl (C=O) groups excluding carboxylic acids is 2. The zero-order valence-corrected chi connectivity index (χ0v) is 21.8. The maximum Gasteiger partial charge on any atom is 0.185 e. The van der Waals surface area contributed by atoms with Crippen LogP contribution in [-0.4, -0.2) is 76.9 Å². The van der Waals surface area contributed by atoms with Crippen LogP contribution >= 0.6 is 94.1 Å². The van der Waals surface area contributed by atoms with Crippen LogP contribution in [0.3, 0.4) is 0 Å². The van der Waals surface area contributed by atoms with Crippen molar-refractivity contribution >= 4 is 104 Å². The van der Waals surface area contributed by atoms with Gasteiger partial charge in [-0.2, -0.15) is 23.5 Å². The summed E-state index contributed by atoms with van der Waals surface area (Å²) < 4.78 is 1.50. The van der Waals surface area contributed by atoms with Gasteiger partial charge in [-0.15, -0.1) is 47.0 Å². The van der Waals surface area contributed by atoms with Gasteiger partial charge in [0.1, 0.15) is 0 Å².